The van der Waals surface area contributed by atoms with Crippen molar-refractivity contribution in [3.05, 3.63) is 16.1 Å². The van der Waals surface area contributed by atoms with Gasteiger partial charge in [-0.1, -0.05) is 25.7 Å². The topological polar surface area (TPSA) is 79.3 Å². The first-order valence-corrected chi connectivity index (χ1v) is 8.85. The van der Waals surface area contributed by atoms with E-state index in [0.29, 0.717) is 25.7 Å². The van der Waals surface area contributed by atoms with E-state index in [-0.39, 0.29) is 5.91 Å². The number of hydrogen-bond donors (Lipinski definition) is 2. The van der Waals surface area contributed by atoms with Crippen LogP contribution in [0.2, 0.25) is 0 Å². The monoisotopic (exact) mass is 324 g/mol. The highest BCUT2D eigenvalue weighted by molar-refractivity contribution is 7.09. The summed E-state index contributed by atoms with van der Waals surface area (Å²) in [5.74, 6) is -1.05. The Kier molecular flexibility index (Phi) is 5.94. The Balaban J connectivity index is 1.84. The summed E-state index contributed by atoms with van der Waals surface area (Å²) in [5, 5.41) is 15.4. The van der Waals surface area contributed by atoms with E-state index in [1.165, 1.54) is 0 Å². The van der Waals surface area contributed by atoms with Gasteiger partial charge in [-0.15, -0.1) is 11.3 Å². The number of rotatable bonds is 6. The van der Waals surface area contributed by atoms with Crippen LogP contribution < -0.4 is 5.32 Å². The lowest BCUT2D eigenvalue weighted by molar-refractivity contribution is -0.148. The second kappa shape index (κ2) is 7.72. The van der Waals surface area contributed by atoms with Crippen molar-refractivity contribution in [3.63, 3.8) is 0 Å². The summed E-state index contributed by atoms with van der Waals surface area (Å²) in [6, 6.07) is 0. The van der Waals surface area contributed by atoms with Crippen LogP contribution >= 0.6 is 11.3 Å². The number of nitrogens with zero attached hydrogens (tertiary/aromatic N) is 1. The normalized spacial score (nSPS) is 17.7. The number of carboxylic acid groups (broad SMARTS) is 1. The number of aryl methyl sites for hydroxylation is 2. The van der Waals surface area contributed by atoms with E-state index in [1.807, 2.05) is 12.3 Å². The summed E-state index contributed by atoms with van der Waals surface area (Å²) in [6.07, 6.45) is 6.73. The average molecular weight is 324 g/mol. The molecule has 0 bridgehead atoms. The highest BCUT2D eigenvalue weighted by atomic mass is 32.1. The number of carboxylic acids is 1. The van der Waals surface area contributed by atoms with Gasteiger partial charge in [-0.25, -0.2) is 9.78 Å². The zero-order chi connectivity index (χ0) is 16.0. The van der Waals surface area contributed by atoms with Gasteiger partial charge in [0.25, 0.3) is 0 Å². The molecule has 0 radical (unpaired) electrons. The number of thiazole rings is 1. The fraction of sp³-hybridized carbons (Fsp3) is 0.688. The third kappa shape index (κ3) is 4.53. The quantitative estimate of drug-likeness (QED) is 0.788. The highest BCUT2D eigenvalue weighted by Gasteiger charge is 2.39. The zero-order valence-corrected chi connectivity index (χ0v) is 13.9. The molecular weight excluding hydrogens is 300 g/mol. The molecule has 1 heterocycles. The van der Waals surface area contributed by atoms with Gasteiger partial charge in [-0.05, 0) is 32.6 Å². The van der Waals surface area contributed by atoms with Gasteiger partial charge < -0.3 is 10.4 Å². The summed E-state index contributed by atoms with van der Waals surface area (Å²) >= 11 is 1.61. The van der Waals surface area contributed by atoms with Crippen molar-refractivity contribution in [2.45, 2.75) is 70.3 Å². The van der Waals surface area contributed by atoms with E-state index >= 15 is 0 Å². The first kappa shape index (κ1) is 16.9. The van der Waals surface area contributed by atoms with Crippen LogP contribution in [0, 0.1) is 6.92 Å². The number of carbonyl (C=O) groups excluding carboxylic acids is 1. The number of aliphatic carboxylic acids is 1. The van der Waals surface area contributed by atoms with Gasteiger partial charge in [-0.3, -0.25) is 4.79 Å². The van der Waals surface area contributed by atoms with E-state index in [2.05, 4.69) is 10.3 Å². The number of aromatic nitrogens is 1. The standard InChI is InChI=1S/C16H24N2O3S/c1-12-17-13(11-22-12)7-6-8-14(19)18-16(15(20)21)9-4-2-3-5-10-16/h11H,2-10H2,1H3,(H,18,19)(H,20,21). The Hall–Kier alpha value is -1.43. The first-order chi connectivity index (χ1) is 10.5. The minimum absolute atomic E-state index is 0.156. The Labute approximate surface area is 135 Å². The highest BCUT2D eigenvalue weighted by Crippen LogP contribution is 2.27. The van der Waals surface area contributed by atoms with Gasteiger partial charge in [0.1, 0.15) is 5.54 Å². The SMILES string of the molecule is Cc1nc(CCCC(=O)NC2(C(=O)O)CCCCCC2)cs1. The molecule has 6 heteroatoms. The van der Waals surface area contributed by atoms with Crippen LogP contribution in [-0.4, -0.2) is 27.5 Å². The van der Waals surface area contributed by atoms with Crippen LogP contribution in [-0.2, 0) is 16.0 Å². The second-order valence-corrected chi connectivity index (χ2v) is 7.12. The molecule has 0 spiro atoms. The van der Waals surface area contributed by atoms with Gasteiger partial charge >= 0.3 is 5.97 Å². The predicted octanol–water partition coefficient (Wildman–Crippen LogP) is 3.07. The lowest BCUT2D eigenvalue weighted by atomic mass is 9.90. The van der Waals surface area contributed by atoms with Gasteiger partial charge in [0.15, 0.2) is 0 Å². The van der Waals surface area contributed by atoms with Crippen molar-refractivity contribution in [3.8, 4) is 0 Å². The van der Waals surface area contributed by atoms with Crippen molar-refractivity contribution in [1.82, 2.24) is 10.3 Å². The zero-order valence-electron chi connectivity index (χ0n) is 13.1. The minimum atomic E-state index is -1.05. The number of amides is 1. The van der Waals surface area contributed by atoms with Crippen LogP contribution in [0.4, 0.5) is 0 Å². The van der Waals surface area contributed by atoms with E-state index in [9.17, 15) is 14.7 Å². The van der Waals surface area contributed by atoms with Crippen LogP contribution in [0.25, 0.3) is 0 Å². The molecule has 0 aliphatic heterocycles. The van der Waals surface area contributed by atoms with Crippen molar-refractivity contribution < 1.29 is 14.7 Å². The maximum atomic E-state index is 12.1. The summed E-state index contributed by atoms with van der Waals surface area (Å²) in [6.45, 7) is 1.96. The number of carbonyl (C=O) groups is 2. The molecule has 0 aromatic carbocycles. The Bertz CT molecular complexity index is 519. The molecular formula is C16H24N2O3S. The molecule has 1 aromatic rings. The first-order valence-electron chi connectivity index (χ1n) is 7.97. The van der Waals surface area contributed by atoms with Crippen molar-refractivity contribution in [1.29, 1.82) is 0 Å². The molecule has 5 nitrogen and oxygen atoms in total. The van der Waals surface area contributed by atoms with Crippen LogP contribution in [0.5, 0.6) is 0 Å². The van der Waals surface area contributed by atoms with Gasteiger partial charge in [0.05, 0.1) is 10.7 Å². The van der Waals surface area contributed by atoms with Crippen LogP contribution in [0.1, 0.15) is 62.1 Å². The average Bonchev–Trinajstić information content (AvgIpc) is 2.73. The molecule has 2 N–H and O–H groups in total. The summed E-state index contributed by atoms with van der Waals surface area (Å²) < 4.78 is 0. The van der Waals surface area contributed by atoms with Gasteiger partial charge in [0.2, 0.25) is 5.91 Å². The molecule has 1 aromatic heterocycles. The molecule has 1 aliphatic rings. The van der Waals surface area contributed by atoms with E-state index in [1.54, 1.807) is 11.3 Å². The summed E-state index contributed by atoms with van der Waals surface area (Å²) in [4.78, 5) is 28.1. The van der Waals surface area contributed by atoms with Crippen molar-refractivity contribution in [2.24, 2.45) is 0 Å². The molecule has 22 heavy (non-hydrogen) atoms. The molecule has 1 aliphatic carbocycles. The van der Waals surface area contributed by atoms with Gasteiger partial charge in [-0.2, -0.15) is 0 Å². The molecule has 0 unspecified atom stereocenters. The van der Waals surface area contributed by atoms with Crippen LogP contribution in [0.3, 0.4) is 0 Å². The Morgan fingerprint density at radius 3 is 2.55 bits per heavy atom. The summed E-state index contributed by atoms with van der Waals surface area (Å²) in [5.41, 5.74) is -0.0390. The van der Waals surface area contributed by atoms with E-state index in [0.717, 1.165) is 42.8 Å². The molecule has 1 amide bonds. The molecule has 0 saturated heterocycles. The largest absolute Gasteiger partial charge is 0.480 e. The number of nitrogens with one attached hydrogen (secondary N) is 1. The molecule has 1 saturated carbocycles. The fourth-order valence-corrected chi connectivity index (χ4v) is 3.65. The van der Waals surface area contributed by atoms with Gasteiger partial charge in [0, 0.05) is 11.8 Å². The molecule has 1 fully saturated rings. The van der Waals surface area contributed by atoms with E-state index < -0.39 is 11.5 Å². The van der Waals surface area contributed by atoms with E-state index in [4.69, 9.17) is 0 Å². The maximum Gasteiger partial charge on any atom is 0.329 e. The molecule has 122 valence electrons. The maximum absolute atomic E-state index is 12.1. The fourth-order valence-electron chi connectivity index (χ4n) is 3.01. The summed E-state index contributed by atoms with van der Waals surface area (Å²) in [7, 11) is 0. The number of hydrogen-bond acceptors (Lipinski definition) is 4. The smallest absolute Gasteiger partial charge is 0.329 e. The third-order valence-corrected chi connectivity index (χ3v) is 5.07. The lowest BCUT2D eigenvalue weighted by Crippen LogP contribution is -2.54. The Morgan fingerprint density at radius 1 is 1.32 bits per heavy atom. The molecule has 2 rings (SSSR count). The third-order valence-electron chi connectivity index (χ3n) is 4.25. The Morgan fingerprint density at radius 2 is 2.00 bits per heavy atom. The lowest BCUT2D eigenvalue weighted by Gasteiger charge is -2.29. The minimum Gasteiger partial charge on any atom is -0.480 e. The van der Waals surface area contributed by atoms with Crippen molar-refractivity contribution in [2.75, 3.05) is 0 Å². The molecule has 0 atom stereocenters. The second-order valence-electron chi connectivity index (χ2n) is 6.06. The predicted molar refractivity (Wildman–Crippen MR) is 86.0 cm³/mol. The van der Waals surface area contributed by atoms with Crippen molar-refractivity contribution >= 4 is 23.2 Å². The van der Waals surface area contributed by atoms with Crippen LogP contribution in [0.15, 0.2) is 5.38 Å².